The Balaban J connectivity index is 2.24. The van der Waals surface area contributed by atoms with Crippen LogP contribution in [0.3, 0.4) is 0 Å². The summed E-state index contributed by atoms with van der Waals surface area (Å²) in [6, 6.07) is 9.93. The monoisotopic (exact) mass is 233 g/mol. The first-order chi connectivity index (χ1) is 8.33. The van der Waals surface area contributed by atoms with E-state index in [-0.39, 0.29) is 11.9 Å². The summed E-state index contributed by atoms with van der Waals surface area (Å²) in [4.78, 5) is 14.1. The summed E-state index contributed by atoms with van der Waals surface area (Å²) in [7, 11) is 0. The maximum absolute atomic E-state index is 12.0. The summed E-state index contributed by atoms with van der Waals surface area (Å²) in [5.74, 6) is 0.0943. The molecule has 4 nitrogen and oxygen atoms in total. The molecular weight excluding hydrogens is 214 g/mol. The van der Waals surface area contributed by atoms with Crippen LogP contribution in [0, 0.1) is 0 Å². The average Bonchev–Trinajstić information content (AvgIpc) is 2.54. The third kappa shape index (κ3) is 2.77. The standard InChI is InChI=1S/C13H19N3O/c14-8-7-12-13(17)15-9-4-10-16(12)11-5-2-1-3-6-11/h1-3,5-6,12H,4,7-10,14H2,(H,15,17). The molecule has 1 aromatic rings. The number of amides is 1. The van der Waals surface area contributed by atoms with E-state index in [1.807, 2.05) is 30.3 Å². The Bertz CT molecular complexity index is 366. The summed E-state index contributed by atoms with van der Waals surface area (Å²) in [5, 5.41) is 2.94. The largest absolute Gasteiger partial charge is 0.359 e. The predicted octanol–water partition coefficient (Wildman–Crippen LogP) is 0.730. The molecule has 1 saturated heterocycles. The van der Waals surface area contributed by atoms with Gasteiger partial charge in [0.05, 0.1) is 0 Å². The van der Waals surface area contributed by atoms with Gasteiger partial charge in [0.25, 0.3) is 0 Å². The van der Waals surface area contributed by atoms with E-state index in [1.54, 1.807) is 0 Å². The van der Waals surface area contributed by atoms with Crippen LogP contribution in [-0.4, -0.2) is 31.6 Å². The summed E-state index contributed by atoms with van der Waals surface area (Å²) in [6.45, 7) is 2.18. The normalized spacial score (nSPS) is 20.9. The quantitative estimate of drug-likeness (QED) is 0.809. The maximum Gasteiger partial charge on any atom is 0.242 e. The minimum absolute atomic E-state index is 0.0943. The van der Waals surface area contributed by atoms with Gasteiger partial charge < -0.3 is 16.0 Å². The highest BCUT2D eigenvalue weighted by Crippen LogP contribution is 2.20. The molecule has 1 heterocycles. The lowest BCUT2D eigenvalue weighted by Crippen LogP contribution is -2.45. The molecule has 0 bridgehead atoms. The zero-order valence-corrected chi connectivity index (χ0v) is 9.93. The van der Waals surface area contributed by atoms with Gasteiger partial charge in [0.1, 0.15) is 6.04 Å². The van der Waals surface area contributed by atoms with Crippen LogP contribution in [0.25, 0.3) is 0 Å². The van der Waals surface area contributed by atoms with E-state index in [1.165, 1.54) is 0 Å². The molecule has 1 aliphatic heterocycles. The number of hydrogen-bond donors (Lipinski definition) is 2. The molecule has 4 heteroatoms. The van der Waals surface area contributed by atoms with E-state index in [9.17, 15) is 4.79 Å². The van der Waals surface area contributed by atoms with Crippen molar-refractivity contribution < 1.29 is 4.79 Å². The average molecular weight is 233 g/mol. The smallest absolute Gasteiger partial charge is 0.242 e. The van der Waals surface area contributed by atoms with Crippen molar-refractivity contribution in [1.82, 2.24) is 5.32 Å². The lowest BCUT2D eigenvalue weighted by molar-refractivity contribution is -0.122. The Morgan fingerprint density at radius 3 is 2.82 bits per heavy atom. The fourth-order valence-corrected chi connectivity index (χ4v) is 2.25. The van der Waals surface area contributed by atoms with Gasteiger partial charge in [0.15, 0.2) is 0 Å². The van der Waals surface area contributed by atoms with Crippen LogP contribution < -0.4 is 16.0 Å². The minimum atomic E-state index is -0.134. The van der Waals surface area contributed by atoms with Gasteiger partial charge in [0.2, 0.25) is 5.91 Å². The zero-order valence-electron chi connectivity index (χ0n) is 9.93. The number of nitrogens with two attached hydrogens (primary N) is 1. The number of benzene rings is 1. The Morgan fingerprint density at radius 2 is 2.12 bits per heavy atom. The van der Waals surface area contributed by atoms with Crippen LogP contribution in [0.1, 0.15) is 12.8 Å². The SMILES string of the molecule is NCCC1C(=O)NCCCN1c1ccccc1. The van der Waals surface area contributed by atoms with Crippen molar-refractivity contribution in [2.24, 2.45) is 5.73 Å². The summed E-state index contributed by atoms with van der Waals surface area (Å²) >= 11 is 0. The molecule has 0 aliphatic carbocycles. The number of carbonyl (C=O) groups is 1. The number of para-hydroxylation sites is 1. The van der Waals surface area contributed by atoms with Crippen molar-refractivity contribution in [2.45, 2.75) is 18.9 Å². The second kappa shape index (κ2) is 5.68. The van der Waals surface area contributed by atoms with Crippen molar-refractivity contribution in [2.75, 3.05) is 24.5 Å². The molecule has 3 N–H and O–H groups in total. The molecule has 0 radical (unpaired) electrons. The van der Waals surface area contributed by atoms with Crippen LogP contribution in [0.5, 0.6) is 0 Å². The summed E-state index contributed by atoms with van der Waals surface area (Å²) < 4.78 is 0. The van der Waals surface area contributed by atoms with Crippen LogP contribution >= 0.6 is 0 Å². The van der Waals surface area contributed by atoms with Gasteiger partial charge >= 0.3 is 0 Å². The second-order valence-corrected chi connectivity index (χ2v) is 4.27. The molecule has 1 aliphatic rings. The molecule has 1 amide bonds. The molecule has 1 aromatic carbocycles. The van der Waals surface area contributed by atoms with Crippen molar-refractivity contribution in [3.63, 3.8) is 0 Å². The van der Waals surface area contributed by atoms with E-state index in [0.717, 1.165) is 25.2 Å². The highest BCUT2D eigenvalue weighted by atomic mass is 16.2. The minimum Gasteiger partial charge on any atom is -0.359 e. The molecule has 0 saturated carbocycles. The topological polar surface area (TPSA) is 58.4 Å². The van der Waals surface area contributed by atoms with Crippen LogP contribution in [0.15, 0.2) is 30.3 Å². The van der Waals surface area contributed by atoms with E-state index in [0.29, 0.717) is 13.0 Å². The molecule has 92 valence electrons. The second-order valence-electron chi connectivity index (χ2n) is 4.27. The molecule has 0 aromatic heterocycles. The molecule has 17 heavy (non-hydrogen) atoms. The lowest BCUT2D eigenvalue weighted by atomic mass is 10.1. The van der Waals surface area contributed by atoms with E-state index in [2.05, 4.69) is 10.2 Å². The van der Waals surface area contributed by atoms with Crippen molar-refractivity contribution >= 4 is 11.6 Å². The van der Waals surface area contributed by atoms with Gasteiger partial charge in [-0.25, -0.2) is 0 Å². The highest BCUT2D eigenvalue weighted by molar-refractivity contribution is 5.85. The molecular formula is C13H19N3O. The Hall–Kier alpha value is -1.55. The van der Waals surface area contributed by atoms with Crippen molar-refractivity contribution in [3.05, 3.63) is 30.3 Å². The Labute approximate surface area is 102 Å². The number of carbonyl (C=O) groups excluding carboxylic acids is 1. The first kappa shape index (κ1) is 11.9. The van der Waals surface area contributed by atoms with Gasteiger partial charge in [-0.3, -0.25) is 4.79 Å². The number of hydrogen-bond acceptors (Lipinski definition) is 3. The molecule has 1 atom stereocenters. The van der Waals surface area contributed by atoms with E-state index >= 15 is 0 Å². The van der Waals surface area contributed by atoms with Gasteiger partial charge in [-0.15, -0.1) is 0 Å². The lowest BCUT2D eigenvalue weighted by Gasteiger charge is -2.30. The zero-order chi connectivity index (χ0) is 12.1. The third-order valence-corrected chi connectivity index (χ3v) is 3.08. The first-order valence-corrected chi connectivity index (χ1v) is 6.12. The number of nitrogens with one attached hydrogen (secondary N) is 1. The predicted molar refractivity (Wildman–Crippen MR) is 68.9 cm³/mol. The van der Waals surface area contributed by atoms with Gasteiger partial charge in [-0.05, 0) is 31.5 Å². The first-order valence-electron chi connectivity index (χ1n) is 6.12. The van der Waals surface area contributed by atoms with Crippen LogP contribution in [-0.2, 0) is 4.79 Å². The number of nitrogens with zero attached hydrogens (tertiary/aromatic N) is 1. The molecule has 1 unspecified atom stereocenters. The molecule has 2 rings (SSSR count). The van der Waals surface area contributed by atoms with Crippen molar-refractivity contribution in [1.29, 1.82) is 0 Å². The van der Waals surface area contributed by atoms with Crippen LogP contribution in [0.2, 0.25) is 0 Å². The third-order valence-electron chi connectivity index (χ3n) is 3.08. The Kier molecular flexibility index (Phi) is 3.98. The fraction of sp³-hybridized carbons (Fsp3) is 0.462. The van der Waals surface area contributed by atoms with E-state index < -0.39 is 0 Å². The summed E-state index contributed by atoms with van der Waals surface area (Å²) in [6.07, 6.45) is 1.67. The van der Waals surface area contributed by atoms with E-state index in [4.69, 9.17) is 5.73 Å². The van der Waals surface area contributed by atoms with Crippen molar-refractivity contribution in [3.8, 4) is 0 Å². The summed E-state index contributed by atoms with van der Waals surface area (Å²) in [5.41, 5.74) is 6.71. The highest BCUT2D eigenvalue weighted by Gasteiger charge is 2.27. The van der Waals surface area contributed by atoms with Gasteiger partial charge in [-0.2, -0.15) is 0 Å². The van der Waals surface area contributed by atoms with Crippen LogP contribution in [0.4, 0.5) is 5.69 Å². The Morgan fingerprint density at radius 1 is 1.35 bits per heavy atom. The maximum atomic E-state index is 12.0. The van der Waals surface area contributed by atoms with Gasteiger partial charge in [0, 0.05) is 18.8 Å². The number of anilines is 1. The van der Waals surface area contributed by atoms with Gasteiger partial charge in [-0.1, -0.05) is 18.2 Å². The fourth-order valence-electron chi connectivity index (χ4n) is 2.25. The molecule has 0 spiro atoms. The molecule has 1 fully saturated rings. The number of rotatable bonds is 3.